The molecule has 0 aliphatic heterocycles. The third-order valence-electron chi connectivity index (χ3n) is 4.95. The van der Waals surface area contributed by atoms with E-state index in [-0.39, 0.29) is 44.2 Å². The molecule has 0 aliphatic carbocycles. The van der Waals surface area contributed by atoms with Crippen molar-refractivity contribution < 1.29 is 19.7 Å². The summed E-state index contributed by atoms with van der Waals surface area (Å²) < 4.78 is 7.66. The van der Waals surface area contributed by atoms with Crippen molar-refractivity contribution in [3.63, 3.8) is 0 Å². The van der Waals surface area contributed by atoms with Crippen molar-refractivity contribution in [1.29, 1.82) is 0 Å². The summed E-state index contributed by atoms with van der Waals surface area (Å²) in [6.07, 6.45) is 0. The average molecular weight is 517 g/mol. The van der Waals surface area contributed by atoms with Crippen molar-refractivity contribution in [1.82, 2.24) is 4.90 Å². The first-order valence-electron chi connectivity index (χ1n) is 9.89. The molecule has 4 rings (SSSR count). The second kappa shape index (κ2) is 10.2. The predicted molar refractivity (Wildman–Crippen MR) is 131 cm³/mol. The number of hydrogen-bond donors (Lipinski definition) is 2. The molecular formula is C25H24ClNO4Se. The number of hydrogen-bond acceptors (Lipinski definition) is 5. The molecule has 0 amide bonds. The number of carbonyl (C=O) groups excluding carboxylic acids is 1. The number of phenols is 2. The quantitative estimate of drug-likeness (QED) is 0.278. The molecule has 1 aromatic heterocycles. The molecule has 4 aromatic rings. The van der Waals surface area contributed by atoms with Gasteiger partial charge in [0.05, 0.1) is 0 Å². The molecule has 0 unspecified atom stereocenters. The molecule has 1 heterocycles. The minimum absolute atomic E-state index is 0. The molecule has 0 bridgehead atoms. The molecule has 2 N–H and O–H groups in total. The topological polar surface area (TPSA) is 70.0 Å². The largest absolute Gasteiger partial charge is 0.147 e. The fourth-order valence-corrected chi connectivity index (χ4v) is 5.92. The number of halogens is 1. The van der Waals surface area contributed by atoms with Gasteiger partial charge < -0.3 is 0 Å². The minimum Gasteiger partial charge on any atom is -0.147 e. The van der Waals surface area contributed by atoms with Crippen molar-refractivity contribution in [2.75, 3.05) is 27.2 Å². The van der Waals surface area contributed by atoms with E-state index >= 15 is 0 Å². The van der Waals surface area contributed by atoms with Crippen LogP contribution in [0, 0.1) is 0 Å². The van der Waals surface area contributed by atoms with Gasteiger partial charge in [0, 0.05) is 0 Å². The van der Waals surface area contributed by atoms with Gasteiger partial charge in [0.1, 0.15) is 0 Å². The average Bonchev–Trinajstić information content (AvgIpc) is 3.12. The summed E-state index contributed by atoms with van der Waals surface area (Å²) in [5.41, 5.74) is 2.14. The summed E-state index contributed by atoms with van der Waals surface area (Å²) in [5.74, 6) is 1.04. The number of rotatable bonds is 7. The molecule has 3 aromatic carbocycles. The van der Waals surface area contributed by atoms with Gasteiger partial charge in [-0.25, -0.2) is 0 Å². The van der Waals surface area contributed by atoms with Crippen molar-refractivity contribution in [3.8, 4) is 27.2 Å². The van der Waals surface area contributed by atoms with E-state index in [0.29, 0.717) is 17.7 Å². The number of carbonyl (C=O) groups is 1. The number of likely N-dealkylation sites (N-methyl/N-ethyl adjacent to an activating group) is 1. The van der Waals surface area contributed by atoms with Gasteiger partial charge in [0.2, 0.25) is 0 Å². The Hall–Kier alpha value is -2.76. The number of aromatic hydroxyl groups is 2. The Morgan fingerprint density at radius 3 is 2.25 bits per heavy atom. The van der Waals surface area contributed by atoms with Crippen LogP contribution in [0.2, 0.25) is 0 Å². The molecule has 0 saturated carbocycles. The van der Waals surface area contributed by atoms with Crippen molar-refractivity contribution in [3.05, 3.63) is 77.9 Å². The molecule has 7 heteroatoms. The van der Waals surface area contributed by atoms with Gasteiger partial charge in [-0.05, 0) is 0 Å². The van der Waals surface area contributed by atoms with Crippen LogP contribution in [-0.2, 0) is 0 Å². The predicted octanol–water partition coefficient (Wildman–Crippen LogP) is 4.57. The number of nitrogens with zero attached hydrogens (tertiary/aromatic N) is 1. The first-order valence-corrected chi connectivity index (χ1v) is 11.6. The van der Waals surface area contributed by atoms with E-state index in [2.05, 4.69) is 0 Å². The summed E-state index contributed by atoms with van der Waals surface area (Å²) in [7, 11) is 3.98. The van der Waals surface area contributed by atoms with Gasteiger partial charge in [-0.2, -0.15) is 0 Å². The third kappa shape index (κ3) is 5.17. The van der Waals surface area contributed by atoms with Crippen LogP contribution in [0.3, 0.4) is 0 Å². The molecule has 166 valence electrons. The van der Waals surface area contributed by atoms with E-state index in [4.69, 9.17) is 4.74 Å². The number of fused-ring (bicyclic) bond motifs is 1. The summed E-state index contributed by atoms with van der Waals surface area (Å²) in [4.78, 5) is 15.6. The zero-order chi connectivity index (χ0) is 22.0. The molecule has 5 nitrogen and oxygen atoms in total. The van der Waals surface area contributed by atoms with Gasteiger partial charge in [-0.3, -0.25) is 0 Å². The van der Waals surface area contributed by atoms with Gasteiger partial charge in [0.15, 0.2) is 0 Å². The van der Waals surface area contributed by atoms with Gasteiger partial charge in [-0.15, -0.1) is 12.4 Å². The summed E-state index contributed by atoms with van der Waals surface area (Å²) >= 11 is -0.134. The maximum absolute atomic E-state index is 13.6. The van der Waals surface area contributed by atoms with Crippen LogP contribution >= 0.6 is 12.4 Å². The number of phenolic OH excluding ortho intramolecular Hbond substituents is 2. The standard InChI is InChI=1S/C25H23NO4Se.ClH/c1-26(2)13-14-30-20-10-5-16(6-11-20)24(29)23-21-12-9-19(28)15-22(21)31-25(23)17-3-7-18(27)8-4-17;/h3-12,15,27-28H,13-14H2,1-2H3;1H. The van der Waals surface area contributed by atoms with Crippen molar-refractivity contribution in [2.24, 2.45) is 0 Å². The number of ether oxygens (including phenoxy) is 1. The molecule has 0 spiro atoms. The third-order valence-corrected chi connectivity index (χ3v) is 7.48. The van der Waals surface area contributed by atoms with Crippen LogP contribution in [-0.4, -0.2) is 62.6 Å². The van der Waals surface area contributed by atoms with Crippen molar-refractivity contribution >= 4 is 42.3 Å². The second-order valence-electron chi connectivity index (χ2n) is 7.54. The Morgan fingerprint density at radius 1 is 0.938 bits per heavy atom. The Balaban J connectivity index is 0.00000289. The molecular weight excluding hydrogens is 493 g/mol. The van der Waals surface area contributed by atoms with E-state index < -0.39 is 0 Å². The normalized spacial score (nSPS) is 10.8. The van der Waals surface area contributed by atoms with E-state index in [1.165, 1.54) is 0 Å². The van der Waals surface area contributed by atoms with Gasteiger partial charge in [-0.1, -0.05) is 0 Å². The van der Waals surface area contributed by atoms with E-state index in [1.54, 1.807) is 36.4 Å². The Morgan fingerprint density at radius 2 is 1.59 bits per heavy atom. The monoisotopic (exact) mass is 517 g/mol. The molecule has 0 fully saturated rings. The number of ketones is 1. The summed E-state index contributed by atoms with van der Waals surface area (Å²) in [6.45, 7) is 1.39. The van der Waals surface area contributed by atoms with E-state index in [1.807, 2.05) is 49.3 Å². The van der Waals surface area contributed by atoms with Gasteiger partial charge in [0.25, 0.3) is 0 Å². The zero-order valence-corrected chi connectivity index (χ0v) is 20.3. The van der Waals surface area contributed by atoms with Crippen LogP contribution in [0.5, 0.6) is 17.2 Å². The summed E-state index contributed by atoms with van der Waals surface area (Å²) in [5, 5.41) is 20.4. The minimum atomic E-state index is -0.134. The smallest absolute Gasteiger partial charge is 0.147 e. The first-order chi connectivity index (χ1) is 14.9. The van der Waals surface area contributed by atoms with Crippen LogP contribution in [0.25, 0.3) is 19.6 Å². The number of benzene rings is 3. The van der Waals surface area contributed by atoms with Crippen LogP contribution in [0.15, 0.2) is 66.7 Å². The maximum atomic E-state index is 13.6. The van der Waals surface area contributed by atoms with Crippen LogP contribution < -0.4 is 4.74 Å². The first kappa shape index (κ1) is 23.9. The Bertz CT molecular complexity index is 1220. The Labute approximate surface area is 199 Å². The molecule has 32 heavy (non-hydrogen) atoms. The fourth-order valence-electron chi connectivity index (χ4n) is 3.32. The summed E-state index contributed by atoms with van der Waals surface area (Å²) in [6, 6.07) is 19.3. The molecule has 0 saturated heterocycles. The Kier molecular flexibility index (Phi) is 7.64. The van der Waals surface area contributed by atoms with E-state index in [0.717, 1.165) is 31.9 Å². The molecule has 0 radical (unpaired) electrons. The molecule has 0 aliphatic rings. The fraction of sp³-hybridized carbons (Fsp3) is 0.160. The maximum Gasteiger partial charge on any atom is -0.147 e. The van der Waals surface area contributed by atoms with E-state index in [9.17, 15) is 15.0 Å². The second-order valence-corrected chi connectivity index (χ2v) is 9.75. The van der Waals surface area contributed by atoms with Crippen LogP contribution in [0.1, 0.15) is 15.9 Å². The van der Waals surface area contributed by atoms with Crippen molar-refractivity contribution in [2.45, 2.75) is 0 Å². The SMILES string of the molecule is CN(C)CCOc1ccc(C(=O)c2c(-c3ccc(O)cc3)[se]c3cc(O)ccc23)cc1.Cl. The zero-order valence-electron chi connectivity index (χ0n) is 17.7. The van der Waals surface area contributed by atoms with Gasteiger partial charge >= 0.3 is 187 Å². The van der Waals surface area contributed by atoms with Crippen LogP contribution in [0.4, 0.5) is 0 Å². The molecule has 0 atom stereocenters.